The minimum absolute atomic E-state index is 0.255. The number of anilines is 2. The molecule has 2 nitrogen and oxygen atoms in total. The van der Waals surface area contributed by atoms with Gasteiger partial charge in [-0.05, 0) is 36.8 Å². The molecule has 1 heterocycles. The molecule has 1 N–H and O–H groups in total. The number of aromatic nitrogens is 1. The van der Waals surface area contributed by atoms with Crippen molar-refractivity contribution in [2.24, 2.45) is 0 Å². The summed E-state index contributed by atoms with van der Waals surface area (Å²) in [6.07, 6.45) is 0. The summed E-state index contributed by atoms with van der Waals surface area (Å²) < 4.78 is 14.8. The molecule has 4 heteroatoms. The fraction of sp³-hybridized carbons (Fsp3) is 0.0714. The lowest BCUT2D eigenvalue weighted by Gasteiger charge is -2.04. The molecule has 0 saturated carbocycles. The van der Waals surface area contributed by atoms with Gasteiger partial charge in [0.05, 0.1) is 15.9 Å². The summed E-state index contributed by atoms with van der Waals surface area (Å²) in [6.45, 7) is 1.87. The third kappa shape index (κ3) is 2.07. The molecule has 0 spiro atoms. The quantitative estimate of drug-likeness (QED) is 0.732. The van der Waals surface area contributed by atoms with Crippen LogP contribution in [0.3, 0.4) is 0 Å². The fourth-order valence-electron chi connectivity index (χ4n) is 1.76. The minimum Gasteiger partial charge on any atom is -0.329 e. The zero-order valence-corrected chi connectivity index (χ0v) is 10.6. The average Bonchev–Trinajstić information content (AvgIpc) is 2.75. The van der Waals surface area contributed by atoms with Crippen LogP contribution in [0.5, 0.6) is 0 Å². The van der Waals surface area contributed by atoms with Crippen LogP contribution in [0.25, 0.3) is 10.2 Å². The third-order valence-corrected chi connectivity index (χ3v) is 3.61. The first-order chi connectivity index (χ1) is 8.72. The molecular weight excluding hydrogens is 247 g/mol. The molecule has 3 rings (SSSR count). The van der Waals surface area contributed by atoms with Gasteiger partial charge in [0, 0.05) is 0 Å². The predicted molar refractivity (Wildman–Crippen MR) is 74.0 cm³/mol. The van der Waals surface area contributed by atoms with E-state index in [2.05, 4.69) is 10.3 Å². The largest absolute Gasteiger partial charge is 0.329 e. The zero-order chi connectivity index (χ0) is 12.5. The van der Waals surface area contributed by atoms with E-state index >= 15 is 0 Å². The monoisotopic (exact) mass is 258 g/mol. The molecule has 90 valence electrons. The zero-order valence-electron chi connectivity index (χ0n) is 9.77. The standard InChI is InChI=1S/C14H11FN2S/c1-9-6-7-11(10(15)8-9)16-14-17-12-4-2-3-5-13(12)18-14/h2-8H,1H3,(H,16,17). The highest BCUT2D eigenvalue weighted by atomic mass is 32.1. The minimum atomic E-state index is -0.255. The summed E-state index contributed by atoms with van der Waals surface area (Å²) in [6, 6.07) is 13.0. The normalized spacial score (nSPS) is 10.8. The number of benzene rings is 2. The Kier molecular flexibility index (Phi) is 2.72. The highest BCUT2D eigenvalue weighted by Crippen LogP contribution is 2.29. The average molecular weight is 258 g/mol. The van der Waals surface area contributed by atoms with Crippen LogP contribution in [0.1, 0.15) is 5.56 Å². The van der Waals surface area contributed by atoms with E-state index in [0.29, 0.717) is 10.8 Å². The SMILES string of the molecule is Cc1ccc(Nc2nc3ccccc3s2)c(F)c1. The van der Waals surface area contributed by atoms with Gasteiger partial charge in [0.2, 0.25) is 0 Å². The molecule has 0 amide bonds. The maximum absolute atomic E-state index is 13.7. The van der Waals surface area contributed by atoms with E-state index in [1.54, 1.807) is 6.07 Å². The van der Waals surface area contributed by atoms with Gasteiger partial charge in [-0.1, -0.05) is 29.5 Å². The molecule has 0 atom stereocenters. The fourth-order valence-corrected chi connectivity index (χ4v) is 2.64. The number of para-hydroxylation sites is 1. The highest BCUT2D eigenvalue weighted by Gasteiger charge is 2.06. The van der Waals surface area contributed by atoms with Gasteiger partial charge in [-0.3, -0.25) is 0 Å². The number of nitrogens with one attached hydrogen (secondary N) is 1. The maximum atomic E-state index is 13.7. The van der Waals surface area contributed by atoms with Crippen molar-refractivity contribution in [1.82, 2.24) is 4.98 Å². The van der Waals surface area contributed by atoms with Crippen molar-refractivity contribution < 1.29 is 4.39 Å². The van der Waals surface area contributed by atoms with Crippen molar-refractivity contribution in [3.63, 3.8) is 0 Å². The number of hydrogen-bond donors (Lipinski definition) is 1. The van der Waals surface area contributed by atoms with Crippen molar-refractivity contribution in [3.05, 3.63) is 53.8 Å². The first-order valence-electron chi connectivity index (χ1n) is 5.61. The van der Waals surface area contributed by atoms with Crippen LogP contribution in [0, 0.1) is 12.7 Å². The smallest absolute Gasteiger partial charge is 0.188 e. The highest BCUT2D eigenvalue weighted by molar-refractivity contribution is 7.22. The molecule has 0 aliphatic rings. The van der Waals surface area contributed by atoms with Crippen LogP contribution in [0.2, 0.25) is 0 Å². The Labute approximate surface area is 108 Å². The molecule has 0 aliphatic heterocycles. The maximum Gasteiger partial charge on any atom is 0.188 e. The Morgan fingerprint density at radius 3 is 2.78 bits per heavy atom. The molecule has 3 aromatic rings. The summed E-state index contributed by atoms with van der Waals surface area (Å²) in [5.41, 5.74) is 2.29. The van der Waals surface area contributed by atoms with E-state index in [-0.39, 0.29) is 5.82 Å². The Balaban J connectivity index is 1.96. The number of hydrogen-bond acceptors (Lipinski definition) is 3. The third-order valence-electron chi connectivity index (χ3n) is 2.66. The van der Waals surface area contributed by atoms with Gasteiger partial charge >= 0.3 is 0 Å². The Hall–Kier alpha value is -1.94. The van der Waals surface area contributed by atoms with Gasteiger partial charge in [0.25, 0.3) is 0 Å². The van der Waals surface area contributed by atoms with E-state index in [1.165, 1.54) is 17.4 Å². The topological polar surface area (TPSA) is 24.9 Å². The van der Waals surface area contributed by atoms with Crippen LogP contribution in [0.15, 0.2) is 42.5 Å². The predicted octanol–water partition coefficient (Wildman–Crippen LogP) is 4.49. The number of nitrogens with zero attached hydrogens (tertiary/aromatic N) is 1. The van der Waals surface area contributed by atoms with Crippen LogP contribution in [-0.2, 0) is 0 Å². The second kappa shape index (κ2) is 4.38. The van der Waals surface area contributed by atoms with Gasteiger partial charge < -0.3 is 5.32 Å². The van der Waals surface area contributed by atoms with Crippen molar-refractivity contribution in [2.75, 3.05) is 5.32 Å². The molecule has 0 saturated heterocycles. The van der Waals surface area contributed by atoms with Crippen molar-refractivity contribution in [2.45, 2.75) is 6.92 Å². The lowest BCUT2D eigenvalue weighted by Crippen LogP contribution is -1.93. The van der Waals surface area contributed by atoms with E-state index in [1.807, 2.05) is 37.3 Å². The van der Waals surface area contributed by atoms with E-state index in [9.17, 15) is 4.39 Å². The van der Waals surface area contributed by atoms with Gasteiger partial charge in [-0.25, -0.2) is 9.37 Å². The number of fused-ring (bicyclic) bond motifs is 1. The summed E-state index contributed by atoms with van der Waals surface area (Å²) in [4.78, 5) is 4.41. The molecule has 18 heavy (non-hydrogen) atoms. The van der Waals surface area contributed by atoms with E-state index in [0.717, 1.165) is 15.8 Å². The summed E-state index contributed by atoms with van der Waals surface area (Å²) in [5.74, 6) is -0.255. The summed E-state index contributed by atoms with van der Waals surface area (Å²) >= 11 is 1.52. The van der Waals surface area contributed by atoms with Crippen LogP contribution in [-0.4, -0.2) is 4.98 Å². The molecule has 0 unspecified atom stereocenters. The lowest BCUT2D eigenvalue weighted by atomic mass is 10.2. The number of rotatable bonds is 2. The molecule has 2 aromatic carbocycles. The number of halogens is 1. The molecule has 0 bridgehead atoms. The Morgan fingerprint density at radius 2 is 2.00 bits per heavy atom. The number of thiazole rings is 1. The Bertz CT molecular complexity index is 673. The molecule has 0 radical (unpaired) electrons. The summed E-state index contributed by atoms with van der Waals surface area (Å²) in [5, 5.41) is 3.73. The van der Waals surface area contributed by atoms with Crippen molar-refractivity contribution in [3.8, 4) is 0 Å². The van der Waals surface area contributed by atoms with Gasteiger partial charge in [-0.2, -0.15) is 0 Å². The lowest BCUT2D eigenvalue weighted by molar-refractivity contribution is 0.630. The first kappa shape index (κ1) is 11.2. The summed E-state index contributed by atoms with van der Waals surface area (Å²) in [7, 11) is 0. The van der Waals surface area contributed by atoms with Gasteiger partial charge in [-0.15, -0.1) is 0 Å². The van der Waals surface area contributed by atoms with Gasteiger partial charge in [0.1, 0.15) is 5.82 Å². The second-order valence-corrected chi connectivity index (χ2v) is 5.13. The first-order valence-corrected chi connectivity index (χ1v) is 6.43. The number of aryl methyl sites for hydroxylation is 1. The second-order valence-electron chi connectivity index (χ2n) is 4.10. The van der Waals surface area contributed by atoms with Crippen LogP contribution >= 0.6 is 11.3 Å². The Morgan fingerprint density at radius 1 is 1.17 bits per heavy atom. The van der Waals surface area contributed by atoms with Crippen LogP contribution < -0.4 is 5.32 Å². The molecule has 0 aliphatic carbocycles. The molecule has 1 aromatic heterocycles. The van der Waals surface area contributed by atoms with Crippen molar-refractivity contribution >= 4 is 32.4 Å². The van der Waals surface area contributed by atoms with Crippen molar-refractivity contribution in [1.29, 1.82) is 0 Å². The molecular formula is C14H11FN2S. The van der Waals surface area contributed by atoms with Crippen LogP contribution in [0.4, 0.5) is 15.2 Å². The van der Waals surface area contributed by atoms with Gasteiger partial charge in [0.15, 0.2) is 5.13 Å². The van der Waals surface area contributed by atoms with E-state index in [4.69, 9.17) is 0 Å². The molecule has 0 fully saturated rings. The van der Waals surface area contributed by atoms with E-state index < -0.39 is 0 Å².